The van der Waals surface area contributed by atoms with Crippen molar-refractivity contribution in [3.05, 3.63) is 88.6 Å². The van der Waals surface area contributed by atoms with Gasteiger partial charge in [0, 0.05) is 0 Å². The summed E-state index contributed by atoms with van der Waals surface area (Å²) in [4.78, 5) is 16.9. The molecule has 142 valence electrons. The van der Waals surface area contributed by atoms with Gasteiger partial charge in [0.25, 0.3) is 0 Å². The van der Waals surface area contributed by atoms with Crippen LogP contribution in [0.15, 0.2) is 60.6 Å². The molecular weight excluding hydrogens is 397 g/mol. The number of nitrogens with one attached hydrogen (secondary N) is 1. The van der Waals surface area contributed by atoms with Gasteiger partial charge in [-0.2, -0.15) is 0 Å². The van der Waals surface area contributed by atoms with Crippen LogP contribution >= 0.6 is 0 Å². The van der Waals surface area contributed by atoms with Crippen LogP contribution in [0.3, 0.4) is 0 Å². The Labute approximate surface area is 203 Å². The van der Waals surface area contributed by atoms with Gasteiger partial charge in [0.05, 0.1) is 18.9 Å². The standard InChI is InChI=1S/C19H17F2N2O4.K/c1-12-9-16(7-8-17(12)19(24)26-2)27-23-18(10-15(21)11-22-25)13-3-5-14(20)6-4-13;/h3-11,22,25H,1-2H3;/q-1;+1/b15-11+,18-10+;. The first-order valence-electron chi connectivity index (χ1n) is 7.74. The van der Waals surface area contributed by atoms with Gasteiger partial charge >= 0.3 is 57.4 Å². The predicted octanol–water partition coefficient (Wildman–Crippen LogP) is 1.42. The van der Waals surface area contributed by atoms with Crippen LogP contribution in [0.25, 0.3) is 11.2 Å². The van der Waals surface area contributed by atoms with E-state index in [1.54, 1.807) is 18.5 Å². The van der Waals surface area contributed by atoms with E-state index in [-0.39, 0.29) is 57.1 Å². The Balaban J connectivity index is 0.00000392. The van der Waals surface area contributed by atoms with Crippen molar-refractivity contribution in [1.29, 1.82) is 0 Å². The molecule has 0 saturated carbocycles. The third-order valence-electron chi connectivity index (χ3n) is 3.47. The maximum Gasteiger partial charge on any atom is 1.00 e. The number of methoxy groups -OCH3 is 1. The van der Waals surface area contributed by atoms with Crippen LogP contribution < -0.4 is 61.7 Å². The zero-order valence-corrected chi connectivity index (χ0v) is 18.7. The molecule has 9 heteroatoms. The summed E-state index contributed by atoms with van der Waals surface area (Å²) < 4.78 is 31.5. The van der Waals surface area contributed by atoms with E-state index in [4.69, 9.17) is 10.0 Å². The van der Waals surface area contributed by atoms with E-state index >= 15 is 0 Å². The molecule has 0 heterocycles. The third kappa shape index (κ3) is 7.01. The molecule has 6 nitrogen and oxygen atoms in total. The van der Waals surface area contributed by atoms with Crippen molar-refractivity contribution < 1.29 is 79.7 Å². The van der Waals surface area contributed by atoms with Gasteiger partial charge in [-0.05, 0) is 54.5 Å². The average Bonchev–Trinajstić information content (AvgIpc) is 2.65. The number of halogens is 2. The van der Waals surface area contributed by atoms with E-state index in [9.17, 15) is 13.6 Å². The van der Waals surface area contributed by atoms with Crippen molar-refractivity contribution in [2.75, 3.05) is 7.11 Å². The molecule has 0 fully saturated rings. The van der Waals surface area contributed by atoms with Crippen molar-refractivity contribution >= 4 is 11.7 Å². The molecular formula is C19H17F2KN2O4. The van der Waals surface area contributed by atoms with Crippen LogP contribution in [0, 0.1) is 12.7 Å². The van der Waals surface area contributed by atoms with Crippen LogP contribution in [0.2, 0.25) is 0 Å². The zero-order chi connectivity index (χ0) is 19.8. The number of ether oxygens (including phenoxy) is 1. The molecule has 2 rings (SSSR count). The molecule has 2 aromatic carbocycles. The Bertz CT molecular complexity index is 871. The molecule has 0 atom stereocenters. The number of nitrogens with zero attached hydrogens (tertiary/aromatic N) is 1. The van der Waals surface area contributed by atoms with Crippen LogP contribution in [-0.2, 0) is 4.74 Å². The number of hydrogen-bond donors (Lipinski definition) is 2. The van der Waals surface area contributed by atoms with Crippen LogP contribution in [0.1, 0.15) is 21.5 Å². The zero-order valence-electron chi connectivity index (χ0n) is 15.6. The van der Waals surface area contributed by atoms with Crippen molar-refractivity contribution in [1.82, 2.24) is 5.48 Å². The summed E-state index contributed by atoms with van der Waals surface area (Å²) in [6, 6.07) is 9.79. The Kier molecular flexibility index (Phi) is 10.4. The van der Waals surface area contributed by atoms with Gasteiger partial charge in [-0.3, -0.25) is 10.7 Å². The van der Waals surface area contributed by atoms with E-state index in [0.29, 0.717) is 28.6 Å². The minimum Gasteiger partial charge on any atom is -0.557 e. The van der Waals surface area contributed by atoms with Crippen LogP contribution in [0.5, 0.6) is 5.75 Å². The van der Waals surface area contributed by atoms with E-state index in [1.165, 1.54) is 43.5 Å². The summed E-state index contributed by atoms with van der Waals surface area (Å²) >= 11 is 0. The van der Waals surface area contributed by atoms with E-state index in [1.807, 2.05) is 0 Å². The minimum absolute atomic E-state index is 0. The number of hydroxylamine groups is 2. The number of aryl methyl sites for hydroxylation is 1. The number of allylic oxidation sites excluding steroid dienone is 2. The first kappa shape index (κ1) is 24.3. The van der Waals surface area contributed by atoms with Gasteiger partial charge in [-0.15, -0.1) is 0 Å². The quantitative estimate of drug-likeness (QED) is 0.310. The summed E-state index contributed by atoms with van der Waals surface area (Å²) in [5, 5.41) is 8.54. The Morgan fingerprint density at radius 3 is 2.46 bits per heavy atom. The third-order valence-corrected chi connectivity index (χ3v) is 3.47. The van der Waals surface area contributed by atoms with Gasteiger partial charge in [0.15, 0.2) is 0 Å². The molecule has 0 aliphatic rings. The summed E-state index contributed by atoms with van der Waals surface area (Å²) in [7, 11) is 1.28. The topological polar surface area (TPSA) is 81.9 Å². The molecule has 0 unspecified atom stereocenters. The maximum absolute atomic E-state index is 13.7. The summed E-state index contributed by atoms with van der Waals surface area (Å²) in [6.45, 7) is 1.70. The second-order valence-electron chi connectivity index (χ2n) is 5.35. The van der Waals surface area contributed by atoms with E-state index in [2.05, 4.69) is 10.2 Å². The molecule has 2 aromatic rings. The first-order valence-corrected chi connectivity index (χ1v) is 7.74. The molecule has 0 amide bonds. The number of benzene rings is 2. The fourth-order valence-corrected chi connectivity index (χ4v) is 2.15. The van der Waals surface area contributed by atoms with Crippen molar-refractivity contribution in [2.24, 2.45) is 0 Å². The second kappa shape index (κ2) is 11.9. The molecule has 0 aromatic heterocycles. The van der Waals surface area contributed by atoms with Gasteiger partial charge < -0.3 is 15.1 Å². The number of carbonyl (C=O) groups is 1. The summed E-state index contributed by atoms with van der Waals surface area (Å²) in [6.07, 6.45) is 1.69. The van der Waals surface area contributed by atoms with Crippen molar-refractivity contribution in [3.63, 3.8) is 0 Å². The molecule has 0 aliphatic carbocycles. The van der Waals surface area contributed by atoms with E-state index < -0.39 is 17.6 Å². The smallest absolute Gasteiger partial charge is 0.557 e. The molecule has 2 N–H and O–H groups in total. The van der Waals surface area contributed by atoms with Crippen LogP contribution in [-0.4, -0.2) is 18.3 Å². The molecule has 0 aliphatic heterocycles. The van der Waals surface area contributed by atoms with Gasteiger partial charge in [-0.25, -0.2) is 13.6 Å². The predicted molar refractivity (Wildman–Crippen MR) is 95.0 cm³/mol. The molecule has 0 radical (unpaired) electrons. The fourth-order valence-electron chi connectivity index (χ4n) is 2.15. The second-order valence-corrected chi connectivity index (χ2v) is 5.35. The molecule has 0 spiro atoms. The number of rotatable bonds is 7. The Hall–Kier alpha value is -1.75. The largest absolute Gasteiger partial charge is 1.00 e. The number of esters is 1. The first-order chi connectivity index (χ1) is 12.9. The Morgan fingerprint density at radius 2 is 1.89 bits per heavy atom. The normalized spacial score (nSPS) is 11.3. The number of carbonyl (C=O) groups excluding carboxylic acids is 1. The SMILES string of the molecule is COC(=O)c1ccc(O[N-]/C(=C/C(F)=C\NO)c2ccc(F)cc2)cc1C.[K+]. The van der Waals surface area contributed by atoms with Crippen molar-refractivity contribution in [3.8, 4) is 5.75 Å². The summed E-state index contributed by atoms with van der Waals surface area (Å²) in [5.74, 6) is -1.47. The molecule has 0 saturated heterocycles. The minimum atomic E-state index is -0.832. The molecule has 28 heavy (non-hydrogen) atoms. The average molecular weight is 414 g/mol. The summed E-state index contributed by atoms with van der Waals surface area (Å²) in [5.41, 5.74) is 6.88. The Morgan fingerprint density at radius 1 is 1.21 bits per heavy atom. The molecule has 0 bridgehead atoms. The van der Waals surface area contributed by atoms with Crippen LogP contribution in [0.4, 0.5) is 8.78 Å². The maximum atomic E-state index is 13.7. The van der Waals surface area contributed by atoms with Crippen molar-refractivity contribution in [2.45, 2.75) is 6.92 Å². The van der Waals surface area contributed by atoms with Gasteiger partial charge in [-0.1, -0.05) is 17.8 Å². The fraction of sp³-hybridized carbons (Fsp3) is 0.105. The number of hydrogen-bond acceptors (Lipinski definition) is 5. The van der Waals surface area contributed by atoms with E-state index in [0.717, 1.165) is 6.08 Å². The monoisotopic (exact) mass is 414 g/mol. The van der Waals surface area contributed by atoms with Gasteiger partial charge in [0.1, 0.15) is 17.4 Å². The van der Waals surface area contributed by atoms with Gasteiger partial charge in [0.2, 0.25) is 0 Å².